The van der Waals surface area contributed by atoms with Crippen molar-refractivity contribution >= 4 is 11.6 Å². The molecular weight excluding hydrogens is 358 g/mol. The van der Waals surface area contributed by atoms with Gasteiger partial charge < -0.3 is 14.8 Å². The number of aromatic nitrogens is 4. The zero-order valence-corrected chi connectivity index (χ0v) is 16.1. The fourth-order valence-corrected chi connectivity index (χ4v) is 2.93. The Labute approximate surface area is 163 Å². The van der Waals surface area contributed by atoms with E-state index >= 15 is 0 Å². The number of carbonyl (C=O) groups is 1. The molecule has 146 valence electrons. The standard InChI is InChI=1S/C20H23N5O3/c1-4-13-5-7-15(8-6-13)21-20(26)17(19-22-24-25-23-19)12-14-11-16(27-2)9-10-18(14)28-3/h5-11,17H,4,12H2,1-3H3,(H,21,26)(H,22,23,24,25)/t17-/m0/s1. The fraction of sp³-hybridized carbons (Fsp3) is 0.300. The largest absolute Gasteiger partial charge is 0.497 e. The SMILES string of the molecule is CCc1ccc(NC(=O)[C@@H](Cc2cc(OC)ccc2OC)c2nn[nH]n2)cc1. The molecule has 1 amide bonds. The molecule has 3 aromatic rings. The number of rotatable bonds is 8. The summed E-state index contributed by atoms with van der Waals surface area (Å²) in [5.41, 5.74) is 2.73. The van der Waals surface area contributed by atoms with Crippen LogP contribution in [0, 0.1) is 0 Å². The highest BCUT2D eigenvalue weighted by Gasteiger charge is 2.27. The van der Waals surface area contributed by atoms with Crippen molar-refractivity contribution in [1.29, 1.82) is 0 Å². The second-order valence-corrected chi connectivity index (χ2v) is 6.24. The summed E-state index contributed by atoms with van der Waals surface area (Å²) in [5, 5.41) is 17.0. The predicted octanol–water partition coefficient (Wildman–Crippen LogP) is 2.74. The summed E-state index contributed by atoms with van der Waals surface area (Å²) in [6, 6.07) is 13.2. The lowest BCUT2D eigenvalue weighted by molar-refractivity contribution is -0.117. The summed E-state index contributed by atoms with van der Waals surface area (Å²) in [6.07, 6.45) is 1.27. The van der Waals surface area contributed by atoms with E-state index in [0.717, 1.165) is 12.0 Å². The molecule has 0 aliphatic heterocycles. The lowest BCUT2D eigenvalue weighted by Crippen LogP contribution is -2.24. The molecule has 8 nitrogen and oxygen atoms in total. The van der Waals surface area contributed by atoms with Gasteiger partial charge in [0.1, 0.15) is 17.4 Å². The Morgan fingerprint density at radius 2 is 1.93 bits per heavy atom. The third kappa shape index (κ3) is 4.46. The minimum absolute atomic E-state index is 0.226. The van der Waals surface area contributed by atoms with Crippen molar-refractivity contribution < 1.29 is 14.3 Å². The van der Waals surface area contributed by atoms with Crippen LogP contribution < -0.4 is 14.8 Å². The molecule has 0 fully saturated rings. The number of tetrazole rings is 1. The highest BCUT2D eigenvalue weighted by Crippen LogP contribution is 2.29. The van der Waals surface area contributed by atoms with Crippen molar-refractivity contribution in [3.63, 3.8) is 0 Å². The van der Waals surface area contributed by atoms with E-state index in [9.17, 15) is 4.79 Å². The molecule has 0 saturated carbocycles. The highest BCUT2D eigenvalue weighted by atomic mass is 16.5. The number of nitrogens with zero attached hydrogens (tertiary/aromatic N) is 3. The summed E-state index contributed by atoms with van der Waals surface area (Å²) in [4.78, 5) is 13.0. The van der Waals surface area contributed by atoms with Crippen molar-refractivity contribution in [3.8, 4) is 11.5 Å². The predicted molar refractivity (Wildman–Crippen MR) is 105 cm³/mol. The van der Waals surface area contributed by atoms with Crippen LogP contribution in [0.15, 0.2) is 42.5 Å². The number of hydrogen-bond donors (Lipinski definition) is 2. The Hall–Kier alpha value is -3.42. The van der Waals surface area contributed by atoms with Gasteiger partial charge in [-0.1, -0.05) is 24.3 Å². The maximum Gasteiger partial charge on any atom is 0.235 e. The summed E-state index contributed by atoms with van der Waals surface area (Å²) >= 11 is 0. The zero-order valence-electron chi connectivity index (χ0n) is 16.1. The Bertz CT molecular complexity index is 910. The van der Waals surface area contributed by atoms with E-state index in [4.69, 9.17) is 9.47 Å². The number of carbonyl (C=O) groups excluding carboxylic acids is 1. The molecule has 0 bridgehead atoms. The number of ether oxygens (including phenoxy) is 2. The number of H-pyrrole nitrogens is 1. The lowest BCUT2D eigenvalue weighted by atomic mass is 9.96. The van der Waals surface area contributed by atoms with E-state index in [2.05, 4.69) is 32.9 Å². The first kappa shape index (κ1) is 19.3. The Kier molecular flexibility index (Phi) is 6.21. The van der Waals surface area contributed by atoms with Crippen LogP contribution in [0.2, 0.25) is 0 Å². The van der Waals surface area contributed by atoms with Crippen molar-refractivity contribution in [3.05, 3.63) is 59.4 Å². The van der Waals surface area contributed by atoms with E-state index in [1.165, 1.54) is 5.56 Å². The van der Waals surface area contributed by atoms with E-state index in [1.807, 2.05) is 36.4 Å². The molecule has 0 aliphatic rings. The van der Waals surface area contributed by atoms with E-state index in [1.54, 1.807) is 20.3 Å². The number of anilines is 1. The highest BCUT2D eigenvalue weighted by molar-refractivity contribution is 5.95. The zero-order chi connectivity index (χ0) is 19.9. The van der Waals surface area contributed by atoms with Gasteiger partial charge in [0.2, 0.25) is 5.91 Å². The summed E-state index contributed by atoms with van der Waals surface area (Å²) in [6.45, 7) is 2.08. The average molecular weight is 381 g/mol. The van der Waals surface area contributed by atoms with Crippen molar-refractivity contribution in [2.24, 2.45) is 0 Å². The average Bonchev–Trinajstić information content (AvgIpc) is 3.26. The van der Waals surface area contributed by atoms with Gasteiger partial charge in [0.15, 0.2) is 5.82 Å². The Morgan fingerprint density at radius 1 is 1.14 bits per heavy atom. The van der Waals surface area contributed by atoms with Crippen LogP contribution in [-0.2, 0) is 17.6 Å². The number of methoxy groups -OCH3 is 2. The third-order valence-electron chi connectivity index (χ3n) is 4.53. The maximum absolute atomic E-state index is 13.0. The number of aromatic amines is 1. The van der Waals surface area contributed by atoms with Crippen LogP contribution in [-0.4, -0.2) is 40.8 Å². The van der Waals surface area contributed by atoms with E-state index < -0.39 is 5.92 Å². The van der Waals surface area contributed by atoms with Crippen molar-refractivity contribution in [1.82, 2.24) is 20.6 Å². The number of hydrogen-bond acceptors (Lipinski definition) is 6. The van der Waals surface area contributed by atoms with Gasteiger partial charge in [0, 0.05) is 5.69 Å². The molecular formula is C20H23N5O3. The first-order valence-corrected chi connectivity index (χ1v) is 8.98. The topological polar surface area (TPSA) is 102 Å². The summed E-state index contributed by atoms with van der Waals surface area (Å²) in [7, 11) is 3.18. The molecule has 0 spiro atoms. The number of aryl methyl sites for hydroxylation is 1. The van der Waals surface area contributed by atoms with Gasteiger partial charge in [-0.05, 0) is 54.3 Å². The molecule has 1 heterocycles. The maximum atomic E-state index is 13.0. The molecule has 3 rings (SSSR count). The molecule has 1 atom stereocenters. The smallest absolute Gasteiger partial charge is 0.235 e. The first-order chi connectivity index (χ1) is 13.6. The summed E-state index contributed by atoms with van der Waals surface area (Å²) in [5.74, 6) is 0.779. The molecule has 0 unspecified atom stereocenters. The van der Waals surface area contributed by atoms with Gasteiger partial charge in [-0.25, -0.2) is 0 Å². The van der Waals surface area contributed by atoms with Gasteiger partial charge in [0.25, 0.3) is 0 Å². The van der Waals surface area contributed by atoms with E-state index in [0.29, 0.717) is 29.4 Å². The Balaban J connectivity index is 1.86. The van der Waals surface area contributed by atoms with E-state index in [-0.39, 0.29) is 5.91 Å². The van der Waals surface area contributed by atoms with Gasteiger partial charge in [-0.3, -0.25) is 4.79 Å². The van der Waals surface area contributed by atoms with Crippen molar-refractivity contribution in [2.75, 3.05) is 19.5 Å². The van der Waals surface area contributed by atoms with Gasteiger partial charge in [-0.15, -0.1) is 10.2 Å². The number of amides is 1. The molecule has 28 heavy (non-hydrogen) atoms. The Morgan fingerprint density at radius 3 is 2.54 bits per heavy atom. The minimum atomic E-state index is -0.648. The summed E-state index contributed by atoms with van der Waals surface area (Å²) < 4.78 is 10.7. The monoisotopic (exact) mass is 381 g/mol. The second kappa shape index (κ2) is 8.98. The molecule has 0 aliphatic carbocycles. The third-order valence-corrected chi connectivity index (χ3v) is 4.53. The van der Waals surface area contributed by atoms with Crippen LogP contribution in [0.25, 0.3) is 0 Å². The van der Waals surface area contributed by atoms with Crippen LogP contribution >= 0.6 is 0 Å². The first-order valence-electron chi connectivity index (χ1n) is 8.98. The minimum Gasteiger partial charge on any atom is -0.497 e. The molecule has 8 heteroatoms. The lowest BCUT2D eigenvalue weighted by Gasteiger charge is -2.16. The molecule has 1 aromatic heterocycles. The quantitative estimate of drug-likeness (QED) is 0.622. The fourth-order valence-electron chi connectivity index (χ4n) is 2.93. The van der Waals surface area contributed by atoms with Gasteiger partial charge in [0.05, 0.1) is 14.2 Å². The molecule has 0 saturated heterocycles. The van der Waals surface area contributed by atoms with Crippen LogP contribution in [0.5, 0.6) is 11.5 Å². The van der Waals surface area contributed by atoms with Crippen LogP contribution in [0.4, 0.5) is 5.69 Å². The van der Waals surface area contributed by atoms with Gasteiger partial charge in [-0.2, -0.15) is 5.21 Å². The number of nitrogens with one attached hydrogen (secondary N) is 2. The van der Waals surface area contributed by atoms with Crippen LogP contribution in [0.1, 0.15) is 29.8 Å². The second-order valence-electron chi connectivity index (χ2n) is 6.24. The molecule has 2 N–H and O–H groups in total. The normalized spacial score (nSPS) is 11.7. The molecule has 0 radical (unpaired) electrons. The number of benzene rings is 2. The molecule has 2 aromatic carbocycles. The van der Waals surface area contributed by atoms with Crippen molar-refractivity contribution in [2.45, 2.75) is 25.7 Å². The van der Waals surface area contributed by atoms with Gasteiger partial charge >= 0.3 is 0 Å². The van der Waals surface area contributed by atoms with Crippen LogP contribution in [0.3, 0.4) is 0 Å².